The van der Waals surface area contributed by atoms with Crippen LogP contribution in [0.3, 0.4) is 0 Å². The predicted octanol–water partition coefficient (Wildman–Crippen LogP) is -0.705. The number of nitrogens with zero attached hydrogens (tertiary/aromatic N) is 1. The van der Waals surface area contributed by atoms with E-state index in [9.17, 15) is 33.0 Å². The first-order valence-electron chi connectivity index (χ1n) is 8.52. The first-order chi connectivity index (χ1) is 15.0. The molecule has 0 bridgehead atoms. The molecular weight excluding hydrogens is 524 g/mol. The predicted molar refractivity (Wildman–Crippen MR) is 100 cm³/mol. The van der Waals surface area contributed by atoms with Crippen molar-refractivity contribution in [1.29, 1.82) is 0 Å². The van der Waals surface area contributed by atoms with Crippen LogP contribution in [0.25, 0.3) is 0 Å². The molecule has 2 heterocycles. The Morgan fingerprint density at radius 3 is 2.33 bits per heavy atom. The summed E-state index contributed by atoms with van der Waals surface area (Å²) in [5.74, 6) is -2.22. The van der Waals surface area contributed by atoms with Gasteiger partial charge in [0.1, 0.15) is 0 Å². The second kappa shape index (κ2) is 10.4. The number of aromatic amines is 1. The number of halogens is 1. The van der Waals surface area contributed by atoms with Crippen LogP contribution in [0.4, 0.5) is 4.39 Å². The molecule has 2 unspecified atom stereocenters. The lowest BCUT2D eigenvalue weighted by atomic mass is 10.0. The van der Waals surface area contributed by atoms with E-state index < -0.39 is 78.3 Å². The number of H-pyrrole nitrogens is 1. The Morgan fingerprint density at radius 2 is 1.79 bits per heavy atom. The smallest absolute Gasteiger partial charge is 0.465 e. The lowest BCUT2D eigenvalue weighted by Gasteiger charge is -2.21. The number of phosphoric ester groups is 1. The van der Waals surface area contributed by atoms with Crippen molar-refractivity contribution in [3.8, 4) is 0 Å². The number of carbonyl (C=O) groups is 1. The van der Waals surface area contributed by atoms with E-state index in [0.717, 1.165) is 19.2 Å². The highest BCUT2D eigenvalue weighted by Crippen LogP contribution is 2.66. The number of hydrogen-bond donors (Lipinski definition) is 5. The van der Waals surface area contributed by atoms with Gasteiger partial charge in [0.25, 0.3) is 5.56 Å². The zero-order valence-electron chi connectivity index (χ0n) is 16.3. The molecule has 1 aliphatic rings. The quantitative estimate of drug-likeness (QED) is 0.181. The molecule has 1 aromatic rings. The maximum atomic E-state index is 15.0. The number of ether oxygens (including phenoxy) is 2. The number of phosphoric acid groups is 3. The SMILES string of the molecule is CC(=O)OC[C@H]1[C@@H](F)[C@H](n2ccc(=O)[nH]c2=O)O[C@@H]1COP(=O)(O)OP(=O)(O)OP(=O)(O)O. The van der Waals surface area contributed by atoms with Crippen LogP contribution in [0.2, 0.25) is 0 Å². The average molecular weight is 542 g/mol. The third kappa shape index (κ3) is 8.31. The van der Waals surface area contributed by atoms with Crippen molar-refractivity contribution in [2.75, 3.05) is 13.2 Å². The molecule has 188 valence electrons. The van der Waals surface area contributed by atoms with Crippen LogP contribution in [0.5, 0.6) is 0 Å². The largest absolute Gasteiger partial charge is 0.490 e. The zero-order chi connectivity index (χ0) is 25.2. The van der Waals surface area contributed by atoms with E-state index in [1.807, 2.05) is 4.98 Å². The minimum absolute atomic E-state index is 0.643. The van der Waals surface area contributed by atoms with Crippen molar-refractivity contribution in [1.82, 2.24) is 9.55 Å². The van der Waals surface area contributed by atoms with Crippen LogP contribution in [-0.4, -0.2) is 60.6 Å². The molecule has 6 atom stereocenters. The van der Waals surface area contributed by atoms with E-state index in [2.05, 4.69) is 13.1 Å². The molecule has 0 saturated carbocycles. The van der Waals surface area contributed by atoms with E-state index >= 15 is 4.39 Å². The molecule has 1 aliphatic heterocycles. The summed E-state index contributed by atoms with van der Waals surface area (Å²) < 4.78 is 71.1. The minimum Gasteiger partial charge on any atom is -0.465 e. The third-order valence-electron chi connectivity index (χ3n) is 3.90. The molecule has 0 aliphatic carbocycles. The summed E-state index contributed by atoms with van der Waals surface area (Å²) in [6, 6.07) is 0.887. The normalized spacial score (nSPS) is 27.0. The molecular formula is C12H18FN2O15P3. The Kier molecular flexibility index (Phi) is 8.71. The highest BCUT2D eigenvalue weighted by atomic mass is 31.3. The van der Waals surface area contributed by atoms with Gasteiger partial charge in [0.05, 0.1) is 25.2 Å². The van der Waals surface area contributed by atoms with Crippen LogP contribution >= 0.6 is 23.5 Å². The lowest BCUT2D eigenvalue weighted by molar-refractivity contribution is -0.143. The van der Waals surface area contributed by atoms with Gasteiger partial charge in [-0.25, -0.2) is 22.9 Å². The summed E-state index contributed by atoms with van der Waals surface area (Å²) in [5.41, 5.74) is -1.85. The Labute approximate surface area is 182 Å². The molecule has 0 spiro atoms. The van der Waals surface area contributed by atoms with Gasteiger partial charge in [-0.3, -0.25) is 23.7 Å². The van der Waals surface area contributed by atoms with E-state index in [0.29, 0.717) is 4.57 Å². The van der Waals surface area contributed by atoms with Gasteiger partial charge in [0.15, 0.2) is 12.4 Å². The Bertz CT molecular complexity index is 1130. The fourth-order valence-corrected chi connectivity index (χ4v) is 5.69. The first-order valence-corrected chi connectivity index (χ1v) is 13.0. The Hall–Kier alpha value is -1.55. The molecule has 1 aromatic heterocycles. The molecule has 0 radical (unpaired) electrons. The summed E-state index contributed by atoms with van der Waals surface area (Å²) in [7, 11) is -16.9. The highest BCUT2D eigenvalue weighted by molar-refractivity contribution is 7.66. The lowest BCUT2D eigenvalue weighted by Crippen LogP contribution is -2.35. The summed E-state index contributed by atoms with van der Waals surface area (Å²) in [6.07, 6.45) is -4.40. The molecule has 17 nitrogen and oxygen atoms in total. The van der Waals surface area contributed by atoms with Crippen LogP contribution in [-0.2, 0) is 41.1 Å². The number of hydrogen-bond acceptors (Lipinski definition) is 11. The second-order valence-corrected chi connectivity index (χ2v) is 10.8. The van der Waals surface area contributed by atoms with Crippen molar-refractivity contribution in [2.24, 2.45) is 5.92 Å². The van der Waals surface area contributed by atoms with Gasteiger partial charge in [0, 0.05) is 19.2 Å². The molecule has 1 saturated heterocycles. The molecule has 33 heavy (non-hydrogen) atoms. The minimum atomic E-state index is -5.79. The number of aromatic nitrogens is 2. The zero-order valence-corrected chi connectivity index (χ0v) is 19.0. The fourth-order valence-electron chi connectivity index (χ4n) is 2.66. The van der Waals surface area contributed by atoms with Crippen LogP contribution in [0.1, 0.15) is 13.2 Å². The van der Waals surface area contributed by atoms with Crippen molar-refractivity contribution in [3.05, 3.63) is 33.1 Å². The summed E-state index contributed by atoms with van der Waals surface area (Å²) in [6.45, 7) is -0.686. The maximum Gasteiger partial charge on any atom is 0.490 e. The van der Waals surface area contributed by atoms with Crippen molar-refractivity contribution in [3.63, 3.8) is 0 Å². The second-order valence-electron chi connectivity index (χ2n) is 6.38. The summed E-state index contributed by atoms with van der Waals surface area (Å²) >= 11 is 0. The van der Waals surface area contributed by atoms with E-state index in [1.54, 1.807) is 0 Å². The molecule has 5 N–H and O–H groups in total. The van der Waals surface area contributed by atoms with E-state index in [-0.39, 0.29) is 0 Å². The highest BCUT2D eigenvalue weighted by Gasteiger charge is 2.48. The van der Waals surface area contributed by atoms with Gasteiger partial charge < -0.3 is 29.0 Å². The molecule has 1 fully saturated rings. The molecule has 0 aromatic carbocycles. The maximum absolute atomic E-state index is 15.0. The van der Waals surface area contributed by atoms with Gasteiger partial charge in [-0.05, 0) is 0 Å². The van der Waals surface area contributed by atoms with Crippen LogP contribution in [0.15, 0.2) is 21.9 Å². The van der Waals surface area contributed by atoms with Crippen LogP contribution < -0.4 is 11.2 Å². The van der Waals surface area contributed by atoms with E-state index in [1.165, 1.54) is 0 Å². The van der Waals surface area contributed by atoms with Gasteiger partial charge >= 0.3 is 35.1 Å². The van der Waals surface area contributed by atoms with Gasteiger partial charge in [-0.15, -0.1) is 0 Å². The Morgan fingerprint density at radius 1 is 1.15 bits per heavy atom. The van der Waals surface area contributed by atoms with E-state index in [4.69, 9.17) is 24.2 Å². The van der Waals surface area contributed by atoms with Gasteiger partial charge in [-0.2, -0.15) is 8.62 Å². The summed E-state index contributed by atoms with van der Waals surface area (Å²) in [4.78, 5) is 71.8. The number of alkyl halides is 1. The molecule has 21 heteroatoms. The van der Waals surface area contributed by atoms with Crippen molar-refractivity contribution in [2.45, 2.75) is 25.4 Å². The van der Waals surface area contributed by atoms with Crippen molar-refractivity contribution < 1.29 is 65.1 Å². The van der Waals surface area contributed by atoms with Gasteiger partial charge in [0.2, 0.25) is 0 Å². The first kappa shape index (κ1) is 27.7. The standard InChI is InChI=1S/C12H18FN2O15P3/c1-6(16)26-4-7-8(5-27-32(22,23)30-33(24,25)29-31(19,20)21)28-11(10(7)13)15-3-2-9(17)14-12(15)18/h2-3,7-8,10-11H,4-5H2,1H3,(H,22,23)(H,24,25)(H,14,17,18)(H2,19,20,21)/t7-,8-,10-,11-/m1/s1. The Balaban J connectivity index is 2.19. The number of esters is 1. The summed E-state index contributed by atoms with van der Waals surface area (Å²) in [5, 5.41) is 0. The molecule has 0 amide bonds. The average Bonchev–Trinajstić information content (AvgIpc) is 2.91. The topological polar surface area (TPSA) is 250 Å². The van der Waals surface area contributed by atoms with Crippen LogP contribution in [0, 0.1) is 5.92 Å². The number of carbonyl (C=O) groups excluding carboxylic acids is 1. The third-order valence-corrected chi connectivity index (χ3v) is 7.70. The van der Waals surface area contributed by atoms with Gasteiger partial charge in [-0.1, -0.05) is 0 Å². The molecule has 2 rings (SSSR count). The monoisotopic (exact) mass is 542 g/mol. The van der Waals surface area contributed by atoms with Crippen molar-refractivity contribution >= 4 is 29.4 Å². The fraction of sp³-hybridized carbons (Fsp3) is 0.583. The number of rotatable bonds is 10. The number of nitrogens with one attached hydrogen (secondary N) is 1.